The van der Waals surface area contributed by atoms with Crippen LogP contribution in [0.2, 0.25) is 0 Å². The second-order valence-corrected chi connectivity index (χ2v) is 10.5. The minimum absolute atomic E-state index is 0.0286. The van der Waals surface area contributed by atoms with Crippen molar-refractivity contribution in [3.05, 3.63) is 94.5 Å². The number of amides is 1. The highest BCUT2D eigenvalue weighted by Crippen LogP contribution is 2.32. The lowest BCUT2D eigenvalue weighted by Crippen LogP contribution is -2.47. The van der Waals surface area contributed by atoms with Gasteiger partial charge in [0.25, 0.3) is 0 Å². The fraction of sp³-hybridized carbons (Fsp3) is 0.344. The van der Waals surface area contributed by atoms with Crippen molar-refractivity contribution >= 4 is 17.3 Å². The lowest BCUT2D eigenvalue weighted by atomic mass is 9.92. The molecule has 3 aromatic carbocycles. The number of carbonyl (C=O) groups is 2. The summed E-state index contributed by atoms with van der Waals surface area (Å²) >= 11 is 0. The molecule has 5 rings (SSSR count). The Hall–Kier alpha value is -3.69. The zero-order valence-corrected chi connectivity index (χ0v) is 22.8. The van der Waals surface area contributed by atoms with Gasteiger partial charge < -0.3 is 15.5 Å². The van der Waals surface area contributed by atoms with Crippen molar-refractivity contribution in [2.75, 3.05) is 19.7 Å². The lowest BCUT2D eigenvalue weighted by molar-refractivity contribution is -0.192. The van der Waals surface area contributed by atoms with Crippen LogP contribution in [-0.4, -0.2) is 64.9 Å². The second kappa shape index (κ2) is 12.2. The molecule has 0 unspecified atom stereocenters. The van der Waals surface area contributed by atoms with Gasteiger partial charge in [-0.1, -0.05) is 66.7 Å². The summed E-state index contributed by atoms with van der Waals surface area (Å²) in [5.74, 6) is -0.789. The summed E-state index contributed by atoms with van der Waals surface area (Å²) in [4.78, 5) is 35.6. The number of hydrogen-bond donors (Lipinski definition) is 3. The number of hydrogen-bond acceptors (Lipinski definition) is 7. The molecule has 1 amide bonds. The summed E-state index contributed by atoms with van der Waals surface area (Å²) in [6, 6.07) is 22.6. The number of hydroxylamine groups is 2. The molecule has 2 heterocycles. The Morgan fingerprint density at radius 3 is 2.38 bits per heavy atom. The Labute approximate surface area is 233 Å². The van der Waals surface area contributed by atoms with Crippen LogP contribution in [0.15, 0.2) is 77.8 Å². The second-order valence-electron chi connectivity index (χ2n) is 10.5. The van der Waals surface area contributed by atoms with Crippen LogP contribution in [0.25, 0.3) is 16.7 Å². The normalized spacial score (nSPS) is 21.1. The first-order valence-corrected chi connectivity index (χ1v) is 13.7. The third-order valence-electron chi connectivity index (χ3n) is 7.72. The number of nitrogens with zero attached hydrogens (tertiary/aromatic N) is 2. The fourth-order valence-corrected chi connectivity index (χ4v) is 5.51. The SMILES string of the molecule is CC(=O)c1ccc(-c2ccc(CN3O[C@H]([C@@H](C)O)[C@H](CO)[C@@H]3C(=O)NCCC3=c4ccccc4=NC3)cc2)cc1. The molecule has 8 heteroatoms. The van der Waals surface area contributed by atoms with Gasteiger partial charge in [0.15, 0.2) is 5.78 Å². The van der Waals surface area contributed by atoms with E-state index in [0.29, 0.717) is 31.6 Å². The van der Waals surface area contributed by atoms with E-state index in [0.717, 1.165) is 27.3 Å². The maximum atomic E-state index is 13.4. The Morgan fingerprint density at radius 1 is 1.05 bits per heavy atom. The highest BCUT2D eigenvalue weighted by Gasteiger charge is 2.48. The molecule has 0 bridgehead atoms. The Balaban J connectivity index is 1.28. The quantitative estimate of drug-likeness (QED) is 0.339. The highest BCUT2D eigenvalue weighted by molar-refractivity contribution is 5.94. The van der Waals surface area contributed by atoms with Gasteiger partial charge in [-0.25, -0.2) is 0 Å². The van der Waals surface area contributed by atoms with Gasteiger partial charge in [0.05, 0.1) is 31.2 Å². The number of benzene rings is 3. The van der Waals surface area contributed by atoms with Gasteiger partial charge in [0.1, 0.15) is 12.1 Å². The minimum Gasteiger partial charge on any atom is -0.396 e. The van der Waals surface area contributed by atoms with Gasteiger partial charge in [-0.15, -0.1) is 0 Å². The van der Waals surface area contributed by atoms with Gasteiger partial charge in [0.2, 0.25) is 5.91 Å². The first kappa shape index (κ1) is 27.9. The van der Waals surface area contributed by atoms with Crippen LogP contribution in [0, 0.1) is 5.92 Å². The van der Waals surface area contributed by atoms with Crippen molar-refractivity contribution in [1.82, 2.24) is 10.4 Å². The molecule has 0 aromatic heterocycles. The largest absolute Gasteiger partial charge is 0.396 e. The maximum Gasteiger partial charge on any atom is 0.240 e. The van der Waals surface area contributed by atoms with E-state index in [1.807, 2.05) is 66.7 Å². The standard InChI is InChI=1S/C32H35N3O5/c1-20(37)23-11-13-25(14-12-23)24-9-7-22(8-10-24)18-35-30(28(19-36)31(40-35)21(2)38)32(39)33-16-15-26-17-34-29-6-4-3-5-27(26)29/h3-14,21,28,30-31,36,38H,15-19H2,1-2H3,(H,33,39)/t21-,28-,30-,31-/m1/s1. The maximum absolute atomic E-state index is 13.4. The van der Waals surface area contributed by atoms with Crippen LogP contribution in [0.4, 0.5) is 0 Å². The van der Waals surface area contributed by atoms with Gasteiger partial charge in [0, 0.05) is 23.2 Å². The van der Waals surface area contributed by atoms with Gasteiger partial charge in [-0.05, 0) is 48.6 Å². The molecular weight excluding hydrogens is 506 g/mol. The zero-order valence-electron chi connectivity index (χ0n) is 22.8. The van der Waals surface area contributed by atoms with Crippen molar-refractivity contribution in [3.8, 4) is 11.1 Å². The number of nitrogens with one attached hydrogen (secondary N) is 1. The lowest BCUT2D eigenvalue weighted by Gasteiger charge is -2.24. The molecule has 0 spiro atoms. The Morgan fingerprint density at radius 2 is 1.73 bits per heavy atom. The van der Waals surface area contributed by atoms with Crippen molar-refractivity contribution < 1.29 is 24.6 Å². The topological polar surface area (TPSA) is 111 Å². The van der Waals surface area contributed by atoms with E-state index in [4.69, 9.17) is 4.84 Å². The summed E-state index contributed by atoms with van der Waals surface area (Å²) in [5, 5.41) is 27.2. The van der Waals surface area contributed by atoms with Crippen molar-refractivity contribution in [2.45, 2.75) is 45.1 Å². The number of aliphatic hydroxyl groups is 2. The van der Waals surface area contributed by atoms with E-state index in [9.17, 15) is 19.8 Å². The molecule has 1 saturated heterocycles. The highest BCUT2D eigenvalue weighted by atomic mass is 16.7. The van der Waals surface area contributed by atoms with Crippen LogP contribution < -0.4 is 15.9 Å². The first-order chi connectivity index (χ1) is 19.4. The van der Waals surface area contributed by atoms with E-state index in [2.05, 4.69) is 16.4 Å². The number of ketones is 1. The van der Waals surface area contributed by atoms with Crippen LogP contribution in [0.5, 0.6) is 0 Å². The van der Waals surface area contributed by atoms with Gasteiger partial charge in [-0.2, -0.15) is 5.06 Å². The van der Waals surface area contributed by atoms with Crippen LogP contribution >= 0.6 is 0 Å². The predicted octanol–water partition coefficient (Wildman–Crippen LogP) is 2.02. The van der Waals surface area contributed by atoms with Crippen LogP contribution in [0.3, 0.4) is 0 Å². The van der Waals surface area contributed by atoms with Crippen molar-refractivity contribution in [1.29, 1.82) is 0 Å². The molecule has 0 saturated carbocycles. The molecule has 0 aliphatic carbocycles. The monoisotopic (exact) mass is 541 g/mol. The van der Waals surface area contributed by atoms with E-state index >= 15 is 0 Å². The van der Waals surface area contributed by atoms with Crippen molar-refractivity contribution in [3.63, 3.8) is 0 Å². The van der Waals surface area contributed by atoms with Crippen LogP contribution in [0.1, 0.15) is 36.2 Å². The molecule has 4 atom stereocenters. The van der Waals surface area contributed by atoms with Crippen molar-refractivity contribution in [2.24, 2.45) is 10.9 Å². The summed E-state index contributed by atoms with van der Waals surface area (Å²) in [7, 11) is 0. The average molecular weight is 542 g/mol. The Bertz CT molecular complexity index is 1480. The smallest absolute Gasteiger partial charge is 0.240 e. The number of carbonyl (C=O) groups excluding carboxylic acids is 2. The number of fused-ring (bicyclic) bond motifs is 1. The predicted molar refractivity (Wildman–Crippen MR) is 151 cm³/mol. The third kappa shape index (κ3) is 5.90. The molecule has 2 aliphatic rings. The van der Waals surface area contributed by atoms with E-state index in [1.54, 1.807) is 18.9 Å². The average Bonchev–Trinajstić information content (AvgIpc) is 3.55. The number of Topliss-reactive ketones (excluding diaryl/α,β-unsaturated/α-hetero) is 1. The zero-order chi connectivity index (χ0) is 28.2. The summed E-state index contributed by atoms with van der Waals surface area (Å²) < 4.78 is 0. The number of para-hydroxylation sites is 1. The molecule has 3 N–H and O–H groups in total. The van der Waals surface area contributed by atoms with E-state index in [-0.39, 0.29) is 18.3 Å². The first-order valence-electron chi connectivity index (χ1n) is 13.7. The Kier molecular flexibility index (Phi) is 8.52. The van der Waals surface area contributed by atoms with Gasteiger partial charge in [-0.3, -0.25) is 19.4 Å². The summed E-state index contributed by atoms with van der Waals surface area (Å²) in [5.41, 5.74) is 4.78. The summed E-state index contributed by atoms with van der Waals surface area (Å²) in [6.07, 6.45) is -0.877. The molecule has 8 nitrogen and oxygen atoms in total. The summed E-state index contributed by atoms with van der Waals surface area (Å²) in [6.45, 7) is 4.25. The molecule has 40 heavy (non-hydrogen) atoms. The number of rotatable bonds is 10. The molecule has 208 valence electrons. The van der Waals surface area contributed by atoms with Gasteiger partial charge >= 0.3 is 0 Å². The minimum atomic E-state index is -0.857. The van der Waals surface area contributed by atoms with E-state index in [1.165, 1.54) is 5.57 Å². The third-order valence-corrected chi connectivity index (χ3v) is 7.72. The molecular formula is C32H35N3O5. The fourth-order valence-electron chi connectivity index (χ4n) is 5.51. The molecule has 2 aliphatic heterocycles. The molecule has 3 aromatic rings. The molecule has 0 radical (unpaired) electrons. The van der Waals surface area contributed by atoms with E-state index < -0.39 is 24.2 Å². The van der Waals surface area contributed by atoms with Crippen LogP contribution in [-0.2, 0) is 16.2 Å². The number of aliphatic hydroxyl groups excluding tert-OH is 2. The molecule has 1 fully saturated rings.